The number of carboxylic acids is 1. The maximum absolute atomic E-state index is 12.5. The van der Waals surface area contributed by atoms with E-state index in [9.17, 15) is 9.59 Å². The number of amides is 1. The Morgan fingerprint density at radius 2 is 2.14 bits per heavy atom. The highest BCUT2D eigenvalue weighted by Crippen LogP contribution is 2.28. The predicted octanol–water partition coefficient (Wildman–Crippen LogP) is 1.31. The first-order valence-electron chi connectivity index (χ1n) is 7.81. The number of aromatic nitrogens is 2. The molecule has 2 fully saturated rings. The third-order valence-electron chi connectivity index (χ3n) is 4.35. The van der Waals surface area contributed by atoms with E-state index in [0.717, 1.165) is 12.8 Å². The zero-order chi connectivity index (χ0) is 15.5. The first-order chi connectivity index (χ1) is 10.6. The number of ether oxygens (including phenoxy) is 1. The zero-order valence-corrected chi connectivity index (χ0v) is 12.5. The van der Waals surface area contributed by atoms with Crippen molar-refractivity contribution in [3.05, 3.63) is 18.0 Å². The van der Waals surface area contributed by atoms with Gasteiger partial charge in [-0.25, -0.2) is 0 Å². The molecule has 1 aliphatic carbocycles. The van der Waals surface area contributed by atoms with Crippen molar-refractivity contribution in [3.63, 3.8) is 0 Å². The Kier molecular flexibility index (Phi) is 4.42. The quantitative estimate of drug-likeness (QED) is 0.906. The number of rotatable bonds is 4. The molecule has 1 atom stereocenters. The Hall–Kier alpha value is -1.89. The van der Waals surface area contributed by atoms with Crippen molar-refractivity contribution in [2.24, 2.45) is 0 Å². The molecule has 7 nitrogen and oxygen atoms in total. The van der Waals surface area contributed by atoms with Crippen LogP contribution in [-0.2, 0) is 9.53 Å². The van der Waals surface area contributed by atoms with Gasteiger partial charge in [0.15, 0.2) is 0 Å². The second kappa shape index (κ2) is 6.48. The van der Waals surface area contributed by atoms with E-state index >= 15 is 0 Å². The lowest BCUT2D eigenvalue weighted by Crippen LogP contribution is -2.46. The van der Waals surface area contributed by atoms with Gasteiger partial charge in [-0.05, 0) is 18.9 Å². The highest BCUT2D eigenvalue weighted by molar-refractivity contribution is 5.92. The number of carbonyl (C=O) groups is 2. The van der Waals surface area contributed by atoms with Crippen LogP contribution in [0.25, 0.3) is 0 Å². The molecule has 7 heteroatoms. The van der Waals surface area contributed by atoms with Gasteiger partial charge in [0.25, 0.3) is 5.91 Å². The Morgan fingerprint density at radius 1 is 1.36 bits per heavy atom. The summed E-state index contributed by atoms with van der Waals surface area (Å²) in [7, 11) is 0. The van der Waals surface area contributed by atoms with Crippen molar-refractivity contribution in [1.82, 2.24) is 14.7 Å². The molecule has 22 heavy (non-hydrogen) atoms. The third-order valence-corrected chi connectivity index (χ3v) is 4.35. The van der Waals surface area contributed by atoms with Crippen LogP contribution in [0.15, 0.2) is 12.3 Å². The molecule has 1 unspecified atom stereocenters. The molecule has 1 aromatic heterocycles. The number of carbonyl (C=O) groups excluding carboxylic acids is 1. The van der Waals surface area contributed by atoms with Gasteiger partial charge in [0.2, 0.25) is 0 Å². The van der Waals surface area contributed by atoms with Gasteiger partial charge in [-0.1, -0.05) is 12.8 Å². The number of nitrogens with zero attached hydrogens (tertiary/aromatic N) is 3. The summed E-state index contributed by atoms with van der Waals surface area (Å²) >= 11 is 0. The van der Waals surface area contributed by atoms with Gasteiger partial charge in [-0.3, -0.25) is 14.3 Å². The van der Waals surface area contributed by atoms with Crippen molar-refractivity contribution in [2.45, 2.75) is 44.2 Å². The summed E-state index contributed by atoms with van der Waals surface area (Å²) in [6.45, 7) is 1.15. The molecule has 1 amide bonds. The molecule has 120 valence electrons. The van der Waals surface area contributed by atoms with Crippen LogP contribution >= 0.6 is 0 Å². The summed E-state index contributed by atoms with van der Waals surface area (Å²) in [5.41, 5.74) is 0.433. The summed E-state index contributed by atoms with van der Waals surface area (Å²) < 4.78 is 7.29. The van der Waals surface area contributed by atoms with Crippen molar-refractivity contribution >= 4 is 11.9 Å². The van der Waals surface area contributed by atoms with E-state index < -0.39 is 12.1 Å². The van der Waals surface area contributed by atoms with E-state index in [4.69, 9.17) is 9.84 Å². The van der Waals surface area contributed by atoms with Gasteiger partial charge in [0, 0.05) is 19.3 Å². The topological polar surface area (TPSA) is 84.7 Å². The van der Waals surface area contributed by atoms with Crippen LogP contribution in [-0.4, -0.2) is 57.5 Å². The van der Waals surface area contributed by atoms with E-state index in [1.54, 1.807) is 11.0 Å². The number of aliphatic carboxylic acids is 1. The van der Waals surface area contributed by atoms with Crippen molar-refractivity contribution in [3.8, 4) is 0 Å². The lowest BCUT2D eigenvalue weighted by molar-refractivity contribution is -0.141. The van der Waals surface area contributed by atoms with Crippen LogP contribution in [0.1, 0.15) is 48.6 Å². The molecule has 3 rings (SSSR count). The molecular formula is C15H21N3O4. The van der Waals surface area contributed by atoms with E-state index in [2.05, 4.69) is 5.10 Å². The molecule has 1 N–H and O–H groups in total. The monoisotopic (exact) mass is 307 g/mol. The molecule has 0 spiro atoms. The number of hydrogen-bond donors (Lipinski definition) is 1. The van der Waals surface area contributed by atoms with Crippen LogP contribution in [0.3, 0.4) is 0 Å². The normalized spacial score (nSPS) is 22.9. The predicted molar refractivity (Wildman–Crippen MR) is 77.6 cm³/mol. The molecule has 0 bridgehead atoms. The Balaban J connectivity index is 1.64. The molecule has 2 aliphatic rings. The maximum atomic E-state index is 12.5. The second-order valence-corrected chi connectivity index (χ2v) is 5.96. The fraction of sp³-hybridized carbons (Fsp3) is 0.667. The summed E-state index contributed by atoms with van der Waals surface area (Å²) in [6.07, 6.45) is 6.02. The van der Waals surface area contributed by atoms with E-state index in [1.165, 1.54) is 12.8 Å². The molecule has 1 aromatic rings. The van der Waals surface area contributed by atoms with Crippen LogP contribution in [0.2, 0.25) is 0 Å². The van der Waals surface area contributed by atoms with Crippen LogP contribution in [0.5, 0.6) is 0 Å². The Labute approximate surface area is 128 Å². The zero-order valence-electron chi connectivity index (χ0n) is 12.5. The Morgan fingerprint density at radius 3 is 2.86 bits per heavy atom. The highest BCUT2D eigenvalue weighted by Gasteiger charge is 2.28. The molecule has 1 aliphatic heterocycles. The Bertz CT molecular complexity index is 551. The minimum Gasteiger partial charge on any atom is -0.481 e. The molecule has 1 saturated heterocycles. The molecular weight excluding hydrogens is 286 g/mol. The summed E-state index contributed by atoms with van der Waals surface area (Å²) in [5, 5.41) is 13.3. The molecule has 0 aromatic carbocycles. The van der Waals surface area contributed by atoms with Crippen molar-refractivity contribution in [2.75, 3.05) is 19.7 Å². The number of hydrogen-bond acceptors (Lipinski definition) is 4. The van der Waals surface area contributed by atoms with Crippen molar-refractivity contribution in [1.29, 1.82) is 0 Å². The first kappa shape index (κ1) is 15.0. The summed E-state index contributed by atoms with van der Waals surface area (Å²) in [5.74, 6) is -1.06. The maximum Gasteiger partial charge on any atom is 0.306 e. The van der Waals surface area contributed by atoms with Crippen LogP contribution < -0.4 is 0 Å². The van der Waals surface area contributed by atoms with Gasteiger partial charge < -0.3 is 14.7 Å². The highest BCUT2D eigenvalue weighted by atomic mass is 16.5. The van der Waals surface area contributed by atoms with E-state index in [1.807, 2.05) is 10.9 Å². The van der Waals surface area contributed by atoms with Crippen LogP contribution in [0.4, 0.5) is 0 Å². The standard InChI is InChI=1S/C15H21N3O4/c19-14(20)9-12-10-17(7-8-22-12)15(21)13-5-6-18(16-13)11-3-1-2-4-11/h5-6,11-12H,1-4,7-10H2,(H,19,20). The lowest BCUT2D eigenvalue weighted by atomic mass is 10.2. The van der Waals surface area contributed by atoms with E-state index in [0.29, 0.717) is 31.4 Å². The van der Waals surface area contributed by atoms with Gasteiger partial charge in [-0.2, -0.15) is 5.10 Å². The SMILES string of the molecule is O=C(O)CC1CN(C(=O)c2ccn(C3CCCC3)n2)CCO1. The van der Waals surface area contributed by atoms with Crippen molar-refractivity contribution < 1.29 is 19.4 Å². The molecule has 0 radical (unpaired) electrons. The molecule has 1 saturated carbocycles. The minimum atomic E-state index is -0.912. The lowest BCUT2D eigenvalue weighted by Gasteiger charge is -2.31. The number of morpholine rings is 1. The largest absolute Gasteiger partial charge is 0.481 e. The van der Waals surface area contributed by atoms with Gasteiger partial charge in [0.1, 0.15) is 5.69 Å². The average molecular weight is 307 g/mol. The number of carboxylic acid groups (broad SMARTS) is 1. The van der Waals surface area contributed by atoms with E-state index in [-0.39, 0.29) is 12.3 Å². The summed E-state index contributed by atoms with van der Waals surface area (Å²) in [4.78, 5) is 24.9. The van der Waals surface area contributed by atoms with Crippen LogP contribution in [0, 0.1) is 0 Å². The second-order valence-electron chi connectivity index (χ2n) is 5.96. The van der Waals surface area contributed by atoms with Gasteiger partial charge in [-0.15, -0.1) is 0 Å². The first-order valence-corrected chi connectivity index (χ1v) is 7.81. The third kappa shape index (κ3) is 3.30. The fourth-order valence-electron chi connectivity index (χ4n) is 3.21. The minimum absolute atomic E-state index is 0.0830. The summed E-state index contributed by atoms with van der Waals surface area (Å²) in [6, 6.07) is 2.16. The smallest absolute Gasteiger partial charge is 0.306 e. The van der Waals surface area contributed by atoms with Gasteiger partial charge in [0.05, 0.1) is 25.2 Å². The van der Waals surface area contributed by atoms with Gasteiger partial charge >= 0.3 is 5.97 Å². The average Bonchev–Trinajstić information content (AvgIpc) is 3.17. The fourth-order valence-corrected chi connectivity index (χ4v) is 3.21. The molecule has 2 heterocycles.